The van der Waals surface area contributed by atoms with Crippen LogP contribution in [-0.4, -0.2) is 27.5 Å². The summed E-state index contributed by atoms with van der Waals surface area (Å²) in [6.45, 7) is 1.35. The lowest BCUT2D eigenvalue weighted by atomic mass is 10.1. The second-order valence-electron chi connectivity index (χ2n) is 7.36. The third-order valence-corrected chi connectivity index (χ3v) is 6.22. The maximum Gasteiger partial charge on any atom is 0.341 e. The molecule has 0 aliphatic heterocycles. The Morgan fingerprint density at radius 2 is 1.75 bits per heavy atom. The molecule has 4 aromatic rings. The lowest BCUT2D eigenvalue weighted by molar-refractivity contribution is 0.0528. The average Bonchev–Trinajstić information content (AvgIpc) is 3.48. The van der Waals surface area contributed by atoms with Gasteiger partial charge in [-0.05, 0) is 30.8 Å². The molecule has 2 N–H and O–H groups in total. The maximum absolute atomic E-state index is 14.0. The van der Waals surface area contributed by atoms with E-state index in [1.165, 1.54) is 23.6 Å². The number of esters is 1. The Morgan fingerprint density at radius 3 is 2.42 bits per heavy atom. The zero-order valence-electron chi connectivity index (χ0n) is 18.6. The van der Waals surface area contributed by atoms with Crippen molar-refractivity contribution in [2.45, 2.75) is 13.5 Å². The van der Waals surface area contributed by atoms with Crippen LogP contribution in [0.4, 0.5) is 28.4 Å². The standard InChI is InChI=1S/C24H18F4N4O2S2/c1-2-34-23(33)14-10-18(13-6-4-3-5-7-13)36-22(14)30-24(35)29-19-8-9-32(31-19)12-15-20(27)16(25)11-17(26)21(15)28/h3-11H,2,12H2,1H3,(H2,29,30,31,35). The second kappa shape index (κ2) is 10.9. The van der Waals surface area contributed by atoms with Crippen molar-refractivity contribution in [3.8, 4) is 10.4 Å². The van der Waals surface area contributed by atoms with Crippen molar-refractivity contribution < 1.29 is 27.1 Å². The lowest BCUT2D eigenvalue weighted by Crippen LogP contribution is -2.20. The van der Waals surface area contributed by atoms with Crippen LogP contribution in [0.15, 0.2) is 54.7 Å². The number of hydrogen-bond acceptors (Lipinski definition) is 5. The quantitative estimate of drug-likeness (QED) is 0.127. The fourth-order valence-electron chi connectivity index (χ4n) is 3.28. The molecule has 0 amide bonds. The molecule has 2 aromatic carbocycles. The van der Waals surface area contributed by atoms with E-state index in [4.69, 9.17) is 17.0 Å². The Bertz CT molecular complexity index is 1400. The van der Waals surface area contributed by atoms with Crippen LogP contribution in [0, 0.1) is 23.3 Å². The van der Waals surface area contributed by atoms with Crippen LogP contribution in [0.3, 0.4) is 0 Å². The number of benzene rings is 2. The largest absolute Gasteiger partial charge is 0.462 e. The summed E-state index contributed by atoms with van der Waals surface area (Å²) in [5.74, 6) is -6.30. The van der Waals surface area contributed by atoms with Crippen LogP contribution >= 0.6 is 23.6 Å². The van der Waals surface area contributed by atoms with E-state index in [1.807, 2.05) is 30.3 Å². The van der Waals surface area contributed by atoms with Crippen LogP contribution < -0.4 is 10.6 Å². The number of nitrogens with one attached hydrogen (secondary N) is 2. The highest BCUT2D eigenvalue weighted by Crippen LogP contribution is 2.36. The average molecular weight is 535 g/mol. The molecular weight excluding hydrogens is 516 g/mol. The van der Waals surface area contributed by atoms with E-state index < -0.39 is 41.3 Å². The molecule has 0 saturated carbocycles. The van der Waals surface area contributed by atoms with Crippen LogP contribution in [0.25, 0.3) is 10.4 Å². The Morgan fingerprint density at radius 1 is 1.06 bits per heavy atom. The van der Waals surface area contributed by atoms with Crippen molar-refractivity contribution >= 4 is 45.5 Å². The second-order valence-corrected chi connectivity index (χ2v) is 8.82. The van der Waals surface area contributed by atoms with Gasteiger partial charge < -0.3 is 15.4 Å². The number of carbonyl (C=O) groups excluding carboxylic acids is 1. The molecule has 0 fully saturated rings. The van der Waals surface area contributed by atoms with E-state index in [9.17, 15) is 22.4 Å². The van der Waals surface area contributed by atoms with Crippen LogP contribution in [0.5, 0.6) is 0 Å². The minimum Gasteiger partial charge on any atom is -0.462 e. The van der Waals surface area contributed by atoms with Crippen molar-refractivity contribution in [2.24, 2.45) is 0 Å². The summed E-state index contributed by atoms with van der Waals surface area (Å²) in [4.78, 5) is 13.3. The number of nitrogens with zero attached hydrogens (tertiary/aromatic N) is 2. The molecule has 6 nitrogen and oxygen atoms in total. The molecule has 4 rings (SSSR count). The number of hydrogen-bond donors (Lipinski definition) is 2. The Hall–Kier alpha value is -3.77. The molecule has 0 spiro atoms. The third kappa shape index (κ3) is 5.55. The predicted octanol–water partition coefficient (Wildman–Crippen LogP) is 6.20. The molecule has 0 radical (unpaired) electrons. The molecule has 186 valence electrons. The first kappa shape index (κ1) is 25.3. The SMILES string of the molecule is CCOC(=O)c1cc(-c2ccccc2)sc1NC(=S)Nc1ccn(Cc2c(F)c(F)cc(F)c2F)n1. The number of anilines is 2. The number of thiophene rings is 1. The summed E-state index contributed by atoms with van der Waals surface area (Å²) in [6.07, 6.45) is 1.36. The topological polar surface area (TPSA) is 68.2 Å². The van der Waals surface area contributed by atoms with E-state index in [1.54, 1.807) is 13.0 Å². The van der Waals surface area contributed by atoms with Gasteiger partial charge in [-0.2, -0.15) is 5.10 Å². The number of halogens is 4. The van der Waals surface area contributed by atoms with Crippen molar-refractivity contribution in [3.63, 3.8) is 0 Å². The molecule has 12 heteroatoms. The van der Waals surface area contributed by atoms with Gasteiger partial charge in [-0.25, -0.2) is 22.4 Å². The molecule has 2 heterocycles. The fourth-order valence-corrected chi connectivity index (χ4v) is 4.61. The van der Waals surface area contributed by atoms with Crippen molar-refractivity contribution in [1.29, 1.82) is 0 Å². The molecule has 0 aliphatic carbocycles. The number of aromatic nitrogens is 2. The molecule has 0 bridgehead atoms. The first-order valence-corrected chi connectivity index (χ1v) is 11.8. The molecule has 0 saturated heterocycles. The summed E-state index contributed by atoms with van der Waals surface area (Å²) < 4.78 is 61.1. The minimum atomic E-state index is -1.50. The van der Waals surface area contributed by atoms with Gasteiger partial charge in [0, 0.05) is 23.2 Å². The predicted molar refractivity (Wildman–Crippen MR) is 133 cm³/mol. The highest BCUT2D eigenvalue weighted by atomic mass is 32.1. The minimum absolute atomic E-state index is 0.0846. The van der Waals surface area contributed by atoms with Gasteiger partial charge in [-0.15, -0.1) is 11.3 Å². The molecule has 0 unspecified atom stereocenters. The molecule has 36 heavy (non-hydrogen) atoms. The van der Waals surface area contributed by atoms with Gasteiger partial charge >= 0.3 is 5.97 Å². The van der Waals surface area contributed by atoms with Gasteiger partial charge in [0.1, 0.15) is 5.00 Å². The molecule has 0 atom stereocenters. The summed E-state index contributed by atoms with van der Waals surface area (Å²) in [5, 5.41) is 10.4. The van der Waals surface area contributed by atoms with Gasteiger partial charge in [0.15, 0.2) is 34.2 Å². The highest BCUT2D eigenvalue weighted by molar-refractivity contribution is 7.80. The Balaban J connectivity index is 1.50. The number of thiocarbonyl (C=S) groups is 1. The van der Waals surface area contributed by atoms with E-state index >= 15 is 0 Å². The van der Waals surface area contributed by atoms with Crippen molar-refractivity contribution in [1.82, 2.24) is 9.78 Å². The van der Waals surface area contributed by atoms with Gasteiger partial charge in [0.2, 0.25) is 0 Å². The first-order chi connectivity index (χ1) is 17.3. The number of ether oxygens (including phenoxy) is 1. The summed E-state index contributed by atoms with van der Waals surface area (Å²) in [6, 6.07) is 12.8. The maximum atomic E-state index is 14.0. The van der Waals surface area contributed by atoms with Gasteiger partial charge in [0.25, 0.3) is 0 Å². The van der Waals surface area contributed by atoms with E-state index in [2.05, 4.69) is 15.7 Å². The monoisotopic (exact) mass is 534 g/mol. The van der Waals surface area contributed by atoms with E-state index in [0.29, 0.717) is 10.6 Å². The summed E-state index contributed by atoms with van der Waals surface area (Å²) in [7, 11) is 0. The number of rotatable bonds is 7. The zero-order chi connectivity index (χ0) is 25.8. The Labute approximate surface area is 212 Å². The first-order valence-electron chi connectivity index (χ1n) is 10.6. The lowest BCUT2D eigenvalue weighted by Gasteiger charge is -2.09. The van der Waals surface area contributed by atoms with E-state index in [-0.39, 0.29) is 23.6 Å². The van der Waals surface area contributed by atoms with Gasteiger partial charge in [0.05, 0.1) is 24.3 Å². The number of carbonyl (C=O) groups is 1. The smallest absolute Gasteiger partial charge is 0.341 e. The third-order valence-electron chi connectivity index (χ3n) is 4.92. The highest BCUT2D eigenvalue weighted by Gasteiger charge is 2.21. The van der Waals surface area contributed by atoms with Gasteiger partial charge in [-0.1, -0.05) is 30.3 Å². The molecular formula is C24H18F4N4O2S2. The van der Waals surface area contributed by atoms with E-state index in [0.717, 1.165) is 15.1 Å². The van der Waals surface area contributed by atoms with Crippen molar-refractivity contribution in [3.05, 3.63) is 89.1 Å². The molecule has 0 aliphatic rings. The molecule has 2 aromatic heterocycles. The van der Waals surface area contributed by atoms with Crippen molar-refractivity contribution in [2.75, 3.05) is 17.2 Å². The van der Waals surface area contributed by atoms with Gasteiger partial charge in [-0.3, -0.25) is 4.68 Å². The van der Waals surface area contributed by atoms with Crippen LogP contribution in [0.1, 0.15) is 22.8 Å². The Kier molecular flexibility index (Phi) is 7.65. The normalized spacial score (nSPS) is 10.8. The zero-order valence-corrected chi connectivity index (χ0v) is 20.3. The summed E-state index contributed by atoms with van der Waals surface area (Å²) in [5.41, 5.74) is 0.412. The van der Waals surface area contributed by atoms with Crippen LogP contribution in [0.2, 0.25) is 0 Å². The van der Waals surface area contributed by atoms with Crippen LogP contribution in [-0.2, 0) is 11.3 Å². The summed E-state index contributed by atoms with van der Waals surface area (Å²) >= 11 is 6.63. The fraction of sp³-hybridized carbons (Fsp3) is 0.125.